The van der Waals surface area contributed by atoms with E-state index >= 15 is 4.57 Å². The van der Waals surface area contributed by atoms with Crippen molar-refractivity contribution < 1.29 is 32.5 Å². The molecule has 0 aliphatic heterocycles. The number of hydrogen-bond donors (Lipinski definition) is 0. The summed E-state index contributed by atoms with van der Waals surface area (Å²) in [5, 5.41) is 5.70. The predicted octanol–water partition coefficient (Wildman–Crippen LogP) is 6.25. The SMILES string of the molecule is Cn1c(=O)c2c(ncn2CC(=O)N=c2scc(-c3ccc(Cl)c(Cl)c3)n2COP(=O)(OCn2c(-c3ccc(Cl)c(Cl)c3)csc2=NC(=O)Cn2cnc3c2c(=O)n(C)c(=O)n3C)OCn2c(-c3ccc(Cl)c(Cl)c3)csc2=NC(=O)Cn2cnc3c2c(=O)n(C)c(=O)n3C)n(C)c1=O. The van der Waals surface area contributed by atoms with Gasteiger partial charge in [0.15, 0.2) is 47.9 Å². The van der Waals surface area contributed by atoms with Crippen LogP contribution in [0.25, 0.3) is 67.3 Å². The van der Waals surface area contributed by atoms with E-state index in [9.17, 15) is 43.2 Å². The summed E-state index contributed by atoms with van der Waals surface area (Å²) in [4.78, 5) is 147. The lowest BCUT2D eigenvalue weighted by Gasteiger charge is -2.21. The Labute approximate surface area is 588 Å². The molecule has 12 aromatic rings. The van der Waals surface area contributed by atoms with E-state index in [1.54, 1.807) is 34.3 Å². The number of carbonyl (C=O) groups is 3. The number of thiazole rings is 3. The number of phosphoric ester groups is 1. The lowest BCUT2D eigenvalue weighted by atomic mass is 10.2. The number of nitrogens with zero attached hydrogens (tertiary/aromatic N) is 18. The molecule has 3 aromatic carbocycles. The van der Waals surface area contributed by atoms with Crippen LogP contribution in [-0.2, 0) is 115 Å². The molecule has 0 unspecified atom stereocenters. The Balaban J connectivity index is 0.973. The number of halogens is 6. The fourth-order valence-electron chi connectivity index (χ4n) is 10.2. The molecule has 0 aliphatic rings. The smallest absolute Gasteiger partial charge is 0.315 e. The zero-order valence-electron chi connectivity index (χ0n) is 51.2. The highest BCUT2D eigenvalue weighted by atomic mass is 35.5. The van der Waals surface area contributed by atoms with E-state index in [1.807, 2.05) is 0 Å². The van der Waals surface area contributed by atoms with Gasteiger partial charge in [0.25, 0.3) is 34.4 Å². The Kier molecular flexibility index (Phi) is 19.4. The third kappa shape index (κ3) is 13.1. The average Bonchev–Trinajstić information content (AvgIpc) is 1.55. The zero-order valence-corrected chi connectivity index (χ0v) is 59.1. The van der Waals surface area contributed by atoms with Gasteiger partial charge in [-0.25, -0.2) is 33.9 Å². The first kappa shape index (κ1) is 69.2. The van der Waals surface area contributed by atoms with Gasteiger partial charge in [-0.2, -0.15) is 15.0 Å². The molecule has 98 heavy (non-hydrogen) atoms. The van der Waals surface area contributed by atoms with Gasteiger partial charge < -0.3 is 13.7 Å². The molecule has 0 atom stereocenters. The number of aryl methyl sites for hydroxylation is 3. The van der Waals surface area contributed by atoms with Crippen molar-refractivity contribution in [2.45, 2.75) is 39.8 Å². The number of imidazole rings is 3. The summed E-state index contributed by atoms with van der Waals surface area (Å²) in [6, 6.07) is 13.9. The molecule has 0 bridgehead atoms. The summed E-state index contributed by atoms with van der Waals surface area (Å²) in [7, 11) is 2.81. The van der Waals surface area contributed by atoms with Crippen LogP contribution in [0.15, 0.2) is 133 Å². The first-order valence-corrected chi connectivity index (χ1v) is 34.5. The highest BCUT2D eigenvalue weighted by Gasteiger charge is 2.31. The molecule has 506 valence electrons. The Morgan fingerprint density at radius 3 is 0.939 bits per heavy atom. The summed E-state index contributed by atoms with van der Waals surface area (Å²) in [5.74, 6) is -2.50. The normalized spacial score (nSPS) is 13.1. The molecule has 0 spiro atoms. The largest absolute Gasteiger partial charge is 0.480 e. The molecule has 0 aliphatic carbocycles. The highest BCUT2D eigenvalue weighted by Crippen LogP contribution is 2.51. The van der Waals surface area contributed by atoms with Crippen LogP contribution in [0, 0.1) is 0 Å². The van der Waals surface area contributed by atoms with E-state index < -0.39 is 99.1 Å². The summed E-state index contributed by atoms with van der Waals surface area (Å²) < 4.78 is 49.0. The maximum atomic E-state index is 16.2. The number of amides is 3. The van der Waals surface area contributed by atoms with E-state index in [2.05, 4.69) is 29.9 Å². The Bertz CT molecular complexity index is 5480. The fourth-order valence-corrected chi connectivity index (χ4v) is 14.8. The van der Waals surface area contributed by atoms with Crippen molar-refractivity contribution in [3.63, 3.8) is 0 Å². The number of hydrogen-bond acceptors (Lipinski definition) is 19. The highest BCUT2D eigenvalue weighted by molar-refractivity contribution is 7.48. The van der Waals surface area contributed by atoms with Gasteiger partial charge in [0.2, 0.25) is 0 Å². The molecular formula is C57H45Cl6N18O13PS3. The number of benzene rings is 3. The molecule has 0 saturated carbocycles. The number of aromatic nitrogens is 15. The van der Waals surface area contributed by atoms with Crippen molar-refractivity contribution in [2.75, 3.05) is 0 Å². The van der Waals surface area contributed by atoms with Gasteiger partial charge in [-0.3, -0.25) is 83.4 Å². The molecule has 3 amide bonds. The Morgan fingerprint density at radius 2 is 0.684 bits per heavy atom. The van der Waals surface area contributed by atoms with Crippen LogP contribution in [-0.4, -0.2) is 87.5 Å². The van der Waals surface area contributed by atoms with E-state index in [1.165, 1.54) is 125 Å². The summed E-state index contributed by atoms with van der Waals surface area (Å²) in [5.41, 5.74) is -2.31. The molecule has 0 fully saturated rings. The molecule has 12 rings (SSSR count). The maximum absolute atomic E-state index is 16.2. The third-order valence-corrected chi connectivity index (χ3v) is 21.4. The van der Waals surface area contributed by atoms with Gasteiger partial charge in [0.1, 0.15) is 39.8 Å². The van der Waals surface area contributed by atoms with E-state index in [-0.39, 0.29) is 95.1 Å². The quantitative estimate of drug-likeness (QED) is 0.0857. The minimum Gasteiger partial charge on any atom is -0.315 e. The van der Waals surface area contributed by atoms with Crippen LogP contribution < -0.4 is 48.2 Å². The molecule has 0 saturated heterocycles. The van der Waals surface area contributed by atoms with Crippen LogP contribution >= 0.6 is 111 Å². The lowest BCUT2D eigenvalue weighted by molar-refractivity contribution is -0.119. The second-order valence-electron chi connectivity index (χ2n) is 21.4. The molecule has 0 N–H and O–H groups in total. The summed E-state index contributed by atoms with van der Waals surface area (Å²) in [6.45, 7) is -4.14. The molecule has 31 nitrogen and oxygen atoms in total. The molecule has 9 heterocycles. The number of phosphoric acid groups is 1. The van der Waals surface area contributed by atoms with Crippen molar-refractivity contribution >= 4 is 163 Å². The van der Waals surface area contributed by atoms with E-state index in [4.69, 9.17) is 83.2 Å². The fraction of sp³-hybridized carbons (Fsp3) is 0.211. The second-order valence-corrected chi connectivity index (χ2v) is 28.0. The number of carbonyl (C=O) groups excluding carboxylic acids is 3. The van der Waals surface area contributed by atoms with E-state index in [0.717, 1.165) is 61.4 Å². The number of rotatable bonds is 18. The molecule has 41 heteroatoms. The third-order valence-electron chi connectivity index (χ3n) is 15.3. The summed E-state index contributed by atoms with van der Waals surface area (Å²) >= 11 is 41.7. The van der Waals surface area contributed by atoms with E-state index in [0.29, 0.717) is 16.7 Å². The molecule has 9 aromatic heterocycles. The molecular weight excluding hydrogens is 1480 g/mol. The first-order valence-electron chi connectivity index (χ1n) is 28.1. The Hall–Kier alpha value is -8.74. The van der Waals surface area contributed by atoms with Gasteiger partial charge in [-0.05, 0) is 36.4 Å². The van der Waals surface area contributed by atoms with Crippen LogP contribution in [0.3, 0.4) is 0 Å². The standard InChI is InChI=1S/C57H45Cl6N18O13PS3/c1-70-46-43(49(85)73(4)55(70)88)76(22-64-46)16-40(82)67-52-79(37(19-96-52)28-7-10-31(58)34(61)13-28)25-92-95(91,93-26-80-38(29-8-11-32(59)35(62)14-29)20-97-53(80)68-41(83)17-77-23-65-47-44(77)50(86)74(5)56(89)71(47)2)94-27-81-39(30-9-12-33(60)36(63)15-30)21-98-54(81)69-42(84)18-78-24-66-48-45(78)51(87)75(6)57(90)72(48)3/h7-15,19-24H,16-18,25-27H2,1-6H3. The van der Waals surface area contributed by atoms with Crippen molar-refractivity contribution in [1.29, 1.82) is 0 Å². The minimum absolute atomic E-state index is 0.00947. The summed E-state index contributed by atoms with van der Waals surface area (Å²) in [6.07, 6.45) is 3.63. The lowest BCUT2D eigenvalue weighted by Crippen LogP contribution is -2.37. The second kappa shape index (κ2) is 27.5. The van der Waals surface area contributed by atoms with Gasteiger partial charge in [-0.15, -0.1) is 34.0 Å². The first-order chi connectivity index (χ1) is 46.6. The van der Waals surface area contributed by atoms with Gasteiger partial charge in [0.05, 0.1) is 66.2 Å². The number of fused-ring (bicyclic) bond motifs is 3. The topological polar surface area (TPSA) is 333 Å². The van der Waals surface area contributed by atoms with Crippen LogP contribution in [0.5, 0.6) is 0 Å². The van der Waals surface area contributed by atoms with Crippen LogP contribution in [0.2, 0.25) is 30.1 Å². The van der Waals surface area contributed by atoms with Crippen molar-refractivity contribution in [3.8, 4) is 33.8 Å². The monoisotopic (exact) mass is 1530 g/mol. The predicted molar refractivity (Wildman–Crippen MR) is 367 cm³/mol. The average molecular weight is 1530 g/mol. The minimum atomic E-state index is -5.27. The molecule has 0 radical (unpaired) electrons. The van der Waals surface area contributed by atoms with Crippen molar-refractivity contribution in [3.05, 3.63) is 197 Å². The van der Waals surface area contributed by atoms with Crippen molar-refractivity contribution in [2.24, 2.45) is 57.3 Å². The van der Waals surface area contributed by atoms with Crippen molar-refractivity contribution in [1.82, 2.24) is 69.8 Å². The van der Waals surface area contributed by atoms with Crippen LogP contribution in [0.1, 0.15) is 0 Å². The maximum Gasteiger partial charge on any atom is 0.480 e. The van der Waals surface area contributed by atoms with Gasteiger partial charge >= 0.3 is 24.9 Å². The van der Waals surface area contributed by atoms with Crippen LogP contribution in [0.4, 0.5) is 0 Å². The van der Waals surface area contributed by atoms with Gasteiger partial charge in [0, 0.05) is 75.1 Å². The Morgan fingerprint density at radius 1 is 0.418 bits per heavy atom. The zero-order chi connectivity index (χ0) is 70.1. The van der Waals surface area contributed by atoms with Gasteiger partial charge in [-0.1, -0.05) is 87.8 Å².